The van der Waals surface area contributed by atoms with E-state index in [1.807, 2.05) is 21.1 Å². The molecule has 296 valence electrons. The number of aromatic nitrogens is 2. The number of phosphoric ester groups is 1. The van der Waals surface area contributed by atoms with Crippen LogP contribution in [0.2, 0.25) is 0 Å². The van der Waals surface area contributed by atoms with Gasteiger partial charge in [0.15, 0.2) is 5.52 Å². The molecule has 2 amide bonds. The minimum Gasteiger partial charge on any atom is -0.383 e. The molecule has 0 aliphatic carbocycles. The number of amides is 2. The summed E-state index contributed by atoms with van der Waals surface area (Å²) >= 11 is 0. The number of nitrogens with zero attached hydrogens (tertiary/aromatic N) is 4. The number of benzene rings is 1. The summed E-state index contributed by atoms with van der Waals surface area (Å²) in [5, 5.41) is 27.4. The highest BCUT2D eigenvalue weighted by Gasteiger charge is 2.24. The summed E-state index contributed by atoms with van der Waals surface area (Å²) in [6, 6.07) is 2.07. The summed E-state index contributed by atoms with van der Waals surface area (Å²) in [6.07, 6.45) is 17.6. The fraction of sp³-hybridized carbons (Fsp3) is 0.771. The first-order valence-corrected chi connectivity index (χ1v) is 20.5. The average Bonchev–Trinajstić information content (AvgIpc) is 3.57. The highest BCUT2D eigenvalue weighted by Crippen LogP contribution is 2.42. The predicted octanol–water partition coefficient (Wildman–Crippen LogP) is 6.64. The van der Waals surface area contributed by atoms with E-state index in [4.69, 9.17) is 13.7 Å². The third kappa shape index (κ3) is 19.6. The van der Waals surface area contributed by atoms with E-state index in [-0.39, 0.29) is 42.4 Å². The van der Waals surface area contributed by atoms with Gasteiger partial charge in [-0.05, 0) is 42.1 Å². The van der Waals surface area contributed by atoms with Crippen molar-refractivity contribution in [2.75, 3.05) is 59.3 Å². The van der Waals surface area contributed by atoms with Gasteiger partial charge in [-0.25, -0.2) is 9.19 Å². The molecule has 0 bridgehead atoms. The predicted molar refractivity (Wildman–Crippen MR) is 201 cm³/mol. The van der Waals surface area contributed by atoms with Crippen LogP contribution in [0.3, 0.4) is 0 Å². The number of likely N-dealkylation sites (N-methyl/N-ethyl adjacent to an activating group) is 1. The number of anilines is 1. The molecule has 17 heteroatoms. The Hall–Kier alpha value is -3.17. The monoisotopic (exact) mass is 756 g/mol. The number of non-ortho nitro benzene ring substituents is 1. The van der Waals surface area contributed by atoms with Gasteiger partial charge in [0.2, 0.25) is 17.3 Å². The fourth-order valence-corrected chi connectivity index (χ4v) is 6.31. The number of carbonyl (C=O) groups is 2. The van der Waals surface area contributed by atoms with Crippen molar-refractivity contribution in [3.63, 3.8) is 0 Å². The van der Waals surface area contributed by atoms with Crippen LogP contribution in [0.5, 0.6) is 0 Å². The summed E-state index contributed by atoms with van der Waals surface area (Å²) in [4.78, 5) is 46.6. The highest BCUT2D eigenvalue weighted by molar-refractivity contribution is 7.47. The number of hydrogen-bond donors (Lipinski definition) is 4. The summed E-state index contributed by atoms with van der Waals surface area (Å²) in [5.41, 5.74) is 0.630. The number of quaternary nitrogens is 1. The molecule has 52 heavy (non-hydrogen) atoms. The lowest BCUT2D eigenvalue weighted by Gasteiger charge is -2.24. The number of phosphoric acid groups is 1. The van der Waals surface area contributed by atoms with E-state index in [9.17, 15) is 29.2 Å². The molecular weight excluding hydrogens is 693 g/mol. The van der Waals surface area contributed by atoms with Gasteiger partial charge in [0.05, 0.1) is 38.4 Å². The quantitative estimate of drug-likeness (QED) is 0.0210. The van der Waals surface area contributed by atoms with E-state index < -0.39 is 24.7 Å². The fourth-order valence-electron chi connectivity index (χ4n) is 5.60. The molecule has 2 atom stereocenters. The second kappa shape index (κ2) is 25.0. The number of fused-ring (bicyclic) bond motifs is 1. The SMILES string of the molecule is CCCCCCCCCCCCCCCC(=O)N[C@@H](CCCCNc1ccc([N+](=O)[O-])c2nonc12)C(=O)NCCOP(=O)(O)OCC[N+](C)(C)C. The maximum atomic E-state index is 13.1. The van der Waals surface area contributed by atoms with Gasteiger partial charge in [-0.2, -0.15) is 0 Å². The standard InChI is InChI=1S/C35H62N7O9P/c1-5-6-7-8-9-10-11-12-13-14-15-16-17-21-32(43)38-30(35(44)37-25-27-49-52(47,48)50-28-26-42(2,3)4)20-18-19-24-36-29-22-23-31(41(45)46)34-33(29)39-51-40-34/h22-23,30H,5-21,24-28H2,1-4H3,(H3-,36,37,38,40,43,44,47,48)/p+1/t30-/m0/s1. The maximum Gasteiger partial charge on any atom is 0.472 e. The van der Waals surface area contributed by atoms with Gasteiger partial charge in [-0.15, -0.1) is 0 Å². The lowest BCUT2D eigenvalue weighted by molar-refractivity contribution is -0.870. The second-order valence-corrected chi connectivity index (χ2v) is 15.8. The summed E-state index contributed by atoms with van der Waals surface area (Å²) in [5.74, 6) is -0.616. The van der Waals surface area contributed by atoms with Crippen molar-refractivity contribution in [2.24, 2.45) is 0 Å². The number of carbonyl (C=O) groups excluding carboxylic acids is 2. The van der Waals surface area contributed by atoms with E-state index in [2.05, 4.69) is 33.2 Å². The first-order chi connectivity index (χ1) is 24.8. The molecule has 0 aliphatic rings. The molecule has 0 aliphatic heterocycles. The van der Waals surface area contributed by atoms with Crippen LogP contribution in [-0.2, 0) is 23.2 Å². The van der Waals surface area contributed by atoms with Gasteiger partial charge in [0.1, 0.15) is 19.2 Å². The van der Waals surface area contributed by atoms with Gasteiger partial charge in [0, 0.05) is 25.6 Å². The Balaban J connectivity index is 1.78. The first-order valence-electron chi connectivity index (χ1n) is 19.0. The van der Waals surface area contributed by atoms with E-state index in [1.54, 1.807) is 6.07 Å². The molecule has 0 spiro atoms. The Kier molecular flexibility index (Phi) is 21.6. The number of nitro groups is 1. The van der Waals surface area contributed by atoms with Crippen molar-refractivity contribution in [1.29, 1.82) is 0 Å². The van der Waals surface area contributed by atoms with Crippen LogP contribution < -0.4 is 16.0 Å². The van der Waals surface area contributed by atoms with E-state index >= 15 is 0 Å². The molecule has 2 rings (SSSR count). The molecule has 16 nitrogen and oxygen atoms in total. The Morgan fingerprint density at radius 1 is 0.885 bits per heavy atom. The van der Waals surface area contributed by atoms with E-state index in [1.165, 1.54) is 70.3 Å². The molecule has 0 fully saturated rings. The first kappa shape index (κ1) is 45.0. The van der Waals surface area contributed by atoms with Crippen LogP contribution in [0, 0.1) is 10.1 Å². The topological polar surface area (TPSA) is 208 Å². The number of unbranched alkanes of at least 4 members (excludes halogenated alkanes) is 13. The molecular formula is C35H63N7O9P+. The van der Waals surface area contributed by atoms with Crippen LogP contribution in [0.15, 0.2) is 16.8 Å². The third-order valence-electron chi connectivity index (χ3n) is 8.66. The Morgan fingerprint density at radius 2 is 1.48 bits per heavy atom. The van der Waals surface area contributed by atoms with Crippen molar-refractivity contribution in [1.82, 2.24) is 20.9 Å². The minimum absolute atomic E-state index is 0.0381. The van der Waals surface area contributed by atoms with Crippen LogP contribution in [-0.4, -0.2) is 96.5 Å². The Labute approximate surface area is 308 Å². The number of hydrogen-bond acceptors (Lipinski definition) is 11. The summed E-state index contributed by atoms with van der Waals surface area (Å²) in [6.45, 7) is 2.97. The molecule has 0 radical (unpaired) electrons. The summed E-state index contributed by atoms with van der Waals surface area (Å²) < 4.78 is 27.5. The smallest absolute Gasteiger partial charge is 0.383 e. The van der Waals surface area contributed by atoms with Crippen molar-refractivity contribution in [3.05, 3.63) is 22.2 Å². The maximum absolute atomic E-state index is 13.1. The van der Waals surface area contributed by atoms with Gasteiger partial charge in [-0.3, -0.25) is 28.8 Å². The zero-order valence-corrected chi connectivity index (χ0v) is 32.6. The highest BCUT2D eigenvalue weighted by atomic mass is 31.2. The normalized spacial score (nSPS) is 13.5. The molecule has 2 aromatic rings. The molecule has 0 saturated carbocycles. The van der Waals surface area contributed by atoms with Crippen molar-refractivity contribution in [2.45, 2.75) is 122 Å². The van der Waals surface area contributed by atoms with Crippen LogP contribution in [0.1, 0.15) is 116 Å². The van der Waals surface area contributed by atoms with Crippen LogP contribution >= 0.6 is 7.82 Å². The Morgan fingerprint density at radius 3 is 2.10 bits per heavy atom. The zero-order chi connectivity index (χ0) is 38.2. The minimum atomic E-state index is -4.27. The average molecular weight is 757 g/mol. The van der Waals surface area contributed by atoms with Crippen molar-refractivity contribution in [3.8, 4) is 0 Å². The second-order valence-electron chi connectivity index (χ2n) is 14.3. The number of nitrogens with one attached hydrogen (secondary N) is 3. The van der Waals surface area contributed by atoms with E-state index in [0.717, 1.165) is 19.3 Å². The molecule has 1 aromatic carbocycles. The van der Waals surface area contributed by atoms with Crippen molar-refractivity contribution >= 4 is 42.0 Å². The third-order valence-corrected chi connectivity index (χ3v) is 9.67. The number of nitro benzene ring substituents is 1. The molecule has 4 N–H and O–H groups in total. The van der Waals surface area contributed by atoms with Crippen molar-refractivity contribution < 1.29 is 42.1 Å². The number of rotatable bonds is 31. The molecule has 0 saturated heterocycles. The van der Waals surface area contributed by atoms with Gasteiger partial charge < -0.3 is 25.3 Å². The largest absolute Gasteiger partial charge is 0.472 e. The van der Waals surface area contributed by atoms with E-state index in [0.29, 0.717) is 48.9 Å². The molecule has 1 unspecified atom stereocenters. The summed E-state index contributed by atoms with van der Waals surface area (Å²) in [7, 11) is 1.52. The van der Waals surface area contributed by atoms with Gasteiger partial charge >= 0.3 is 13.5 Å². The lowest BCUT2D eigenvalue weighted by atomic mass is 10.0. The van der Waals surface area contributed by atoms with Crippen LogP contribution in [0.25, 0.3) is 11.0 Å². The van der Waals surface area contributed by atoms with Gasteiger partial charge in [0.25, 0.3) is 0 Å². The lowest BCUT2D eigenvalue weighted by Crippen LogP contribution is -2.47. The molecule has 1 heterocycles. The van der Waals surface area contributed by atoms with Crippen LogP contribution in [0.4, 0.5) is 11.4 Å². The molecule has 1 aromatic heterocycles. The van der Waals surface area contributed by atoms with Gasteiger partial charge in [-0.1, -0.05) is 84.0 Å². The Bertz CT molecular complexity index is 1390. The zero-order valence-electron chi connectivity index (χ0n) is 31.7.